The molecule has 1 aliphatic rings. The smallest absolute Gasteiger partial charge is 0.245 e. The predicted molar refractivity (Wildman–Crippen MR) is 85.1 cm³/mol. The number of carbonyl (C=O) groups is 2. The number of halogens is 2. The maximum absolute atomic E-state index is 12.6. The van der Waals surface area contributed by atoms with Crippen molar-refractivity contribution >= 4 is 35.5 Å². The van der Waals surface area contributed by atoms with Crippen molar-refractivity contribution in [2.45, 2.75) is 25.4 Å². The summed E-state index contributed by atoms with van der Waals surface area (Å²) in [6, 6.07) is 4.54. The highest BCUT2D eigenvalue weighted by molar-refractivity contribution is 6.42. The number of hydrogen-bond donors (Lipinski definition) is 1. The van der Waals surface area contributed by atoms with Gasteiger partial charge in [-0.25, -0.2) is 0 Å². The summed E-state index contributed by atoms with van der Waals surface area (Å²) in [7, 11) is 0. The van der Waals surface area contributed by atoms with Gasteiger partial charge in [-0.05, 0) is 24.6 Å². The van der Waals surface area contributed by atoms with Crippen LogP contribution in [-0.4, -0.2) is 49.1 Å². The molecule has 1 aromatic carbocycles. The first-order valence-corrected chi connectivity index (χ1v) is 7.80. The van der Waals surface area contributed by atoms with Crippen LogP contribution in [0.4, 0.5) is 0 Å². The van der Waals surface area contributed by atoms with Gasteiger partial charge in [0.15, 0.2) is 0 Å². The van der Waals surface area contributed by atoms with E-state index in [1.165, 1.54) is 0 Å². The molecule has 0 aliphatic carbocycles. The summed E-state index contributed by atoms with van der Waals surface area (Å²) in [5.74, 6) is -0.117. The van der Waals surface area contributed by atoms with E-state index in [0.29, 0.717) is 42.6 Å². The van der Waals surface area contributed by atoms with E-state index in [4.69, 9.17) is 27.9 Å². The van der Waals surface area contributed by atoms with Gasteiger partial charge in [0, 0.05) is 13.0 Å². The van der Waals surface area contributed by atoms with Crippen molar-refractivity contribution < 1.29 is 14.3 Å². The van der Waals surface area contributed by atoms with Gasteiger partial charge in [0.2, 0.25) is 12.3 Å². The number of nitrogens with zero attached hydrogens (tertiary/aromatic N) is 1. The molecule has 0 unspecified atom stereocenters. The van der Waals surface area contributed by atoms with Crippen LogP contribution in [-0.2, 0) is 20.7 Å². The van der Waals surface area contributed by atoms with E-state index >= 15 is 0 Å². The number of amides is 2. The normalized spacial score (nSPS) is 19.6. The summed E-state index contributed by atoms with van der Waals surface area (Å²) in [5, 5.41) is 3.48. The molecule has 2 amide bonds. The summed E-state index contributed by atoms with van der Waals surface area (Å²) in [5.41, 5.74) is 0.836. The molecule has 120 valence electrons. The number of benzene rings is 1. The fourth-order valence-electron chi connectivity index (χ4n) is 2.46. The molecule has 2 rings (SSSR count). The topological polar surface area (TPSA) is 58.6 Å². The second-order valence-electron chi connectivity index (χ2n) is 5.25. The van der Waals surface area contributed by atoms with Crippen molar-refractivity contribution in [3.05, 3.63) is 33.8 Å². The zero-order valence-corrected chi connectivity index (χ0v) is 13.7. The van der Waals surface area contributed by atoms with Crippen molar-refractivity contribution in [3.8, 4) is 0 Å². The molecule has 0 spiro atoms. The van der Waals surface area contributed by atoms with Gasteiger partial charge < -0.3 is 15.0 Å². The summed E-state index contributed by atoms with van der Waals surface area (Å²) >= 11 is 11.9. The Morgan fingerprint density at radius 2 is 2.27 bits per heavy atom. The molecule has 22 heavy (non-hydrogen) atoms. The van der Waals surface area contributed by atoms with Gasteiger partial charge in [0.1, 0.15) is 6.04 Å². The monoisotopic (exact) mass is 344 g/mol. The second-order valence-corrected chi connectivity index (χ2v) is 6.06. The zero-order chi connectivity index (χ0) is 16.1. The Labute approximate surface area is 139 Å². The van der Waals surface area contributed by atoms with E-state index in [0.717, 1.165) is 5.56 Å². The Hall–Kier alpha value is -1.30. The summed E-state index contributed by atoms with van der Waals surface area (Å²) in [6.45, 7) is 3.47. The third kappa shape index (κ3) is 4.12. The molecule has 1 saturated heterocycles. The average Bonchev–Trinajstić information content (AvgIpc) is 2.50. The van der Waals surface area contributed by atoms with Crippen LogP contribution in [0.1, 0.15) is 12.5 Å². The Balaban J connectivity index is 2.12. The maximum atomic E-state index is 12.6. The van der Waals surface area contributed by atoms with Crippen LogP contribution in [0.25, 0.3) is 0 Å². The largest absolute Gasteiger partial charge is 0.377 e. The number of carbonyl (C=O) groups excluding carboxylic acids is 2. The first-order chi connectivity index (χ1) is 10.5. The quantitative estimate of drug-likeness (QED) is 0.830. The van der Waals surface area contributed by atoms with Gasteiger partial charge in [-0.3, -0.25) is 9.59 Å². The SMILES string of the molecule is C[C@H]1COCCN1C(=O)[C@@H](Cc1ccc(Cl)c(Cl)c1)NC=O. The molecule has 5 nitrogen and oxygen atoms in total. The number of ether oxygens (including phenoxy) is 1. The first kappa shape index (κ1) is 17.1. The van der Waals surface area contributed by atoms with E-state index in [1.807, 2.05) is 6.92 Å². The minimum atomic E-state index is -0.629. The highest BCUT2D eigenvalue weighted by Crippen LogP contribution is 2.23. The van der Waals surface area contributed by atoms with E-state index < -0.39 is 6.04 Å². The Kier molecular flexibility index (Phi) is 6.06. The van der Waals surface area contributed by atoms with Crippen LogP contribution in [0.2, 0.25) is 10.0 Å². The highest BCUT2D eigenvalue weighted by atomic mass is 35.5. The lowest BCUT2D eigenvalue weighted by molar-refractivity contribution is -0.142. The Morgan fingerprint density at radius 3 is 2.91 bits per heavy atom. The van der Waals surface area contributed by atoms with Gasteiger partial charge in [-0.15, -0.1) is 0 Å². The summed E-state index contributed by atoms with van der Waals surface area (Å²) in [6.07, 6.45) is 0.906. The molecule has 7 heteroatoms. The molecule has 1 fully saturated rings. The zero-order valence-electron chi connectivity index (χ0n) is 12.2. The molecule has 1 heterocycles. The fraction of sp³-hybridized carbons (Fsp3) is 0.467. The molecule has 1 aliphatic heterocycles. The van der Waals surface area contributed by atoms with Crippen LogP contribution in [0.15, 0.2) is 18.2 Å². The molecule has 0 radical (unpaired) electrons. The lowest BCUT2D eigenvalue weighted by Gasteiger charge is -2.35. The number of morpholine rings is 1. The van der Waals surface area contributed by atoms with Crippen molar-refractivity contribution in [2.24, 2.45) is 0 Å². The third-order valence-corrected chi connectivity index (χ3v) is 4.38. The van der Waals surface area contributed by atoms with Gasteiger partial charge in [0.25, 0.3) is 0 Å². The molecule has 2 atom stereocenters. The molecule has 0 aromatic heterocycles. The Morgan fingerprint density at radius 1 is 1.50 bits per heavy atom. The van der Waals surface area contributed by atoms with Crippen molar-refractivity contribution in [1.82, 2.24) is 10.2 Å². The molecule has 0 bridgehead atoms. The third-order valence-electron chi connectivity index (χ3n) is 3.64. The van der Waals surface area contributed by atoms with E-state index in [9.17, 15) is 9.59 Å². The van der Waals surface area contributed by atoms with Crippen molar-refractivity contribution in [3.63, 3.8) is 0 Å². The van der Waals surface area contributed by atoms with Crippen LogP contribution in [0, 0.1) is 0 Å². The molecular formula is C15H18Cl2N2O3. The number of hydrogen-bond acceptors (Lipinski definition) is 3. The molecule has 0 saturated carbocycles. The van der Waals surface area contributed by atoms with Crippen LogP contribution < -0.4 is 5.32 Å². The van der Waals surface area contributed by atoms with Crippen molar-refractivity contribution in [1.29, 1.82) is 0 Å². The van der Waals surface area contributed by atoms with E-state index in [2.05, 4.69) is 5.32 Å². The van der Waals surface area contributed by atoms with Crippen LogP contribution >= 0.6 is 23.2 Å². The van der Waals surface area contributed by atoms with Crippen LogP contribution in [0.3, 0.4) is 0 Å². The van der Waals surface area contributed by atoms with Gasteiger partial charge >= 0.3 is 0 Å². The summed E-state index contributed by atoms with van der Waals surface area (Å²) < 4.78 is 5.33. The molecule has 1 aromatic rings. The molecule has 1 N–H and O–H groups in total. The minimum absolute atomic E-state index is 0.00833. The molecular weight excluding hydrogens is 327 g/mol. The standard InChI is InChI=1S/C15H18Cl2N2O3/c1-10-8-22-5-4-19(10)15(21)14(18-9-20)7-11-2-3-12(16)13(17)6-11/h2-3,6,9-10,14H,4-5,7-8H2,1H3,(H,18,20)/t10-,14+/m0/s1. The first-order valence-electron chi connectivity index (χ1n) is 7.04. The lowest BCUT2D eigenvalue weighted by Crippen LogP contribution is -2.54. The lowest BCUT2D eigenvalue weighted by atomic mass is 10.0. The average molecular weight is 345 g/mol. The maximum Gasteiger partial charge on any atom is 0.245 e. The fourth-order valence-corrected chi connectivity index (χ4v) is 2.78. The Bertz CT molecular complexity index is 554. The predicted octanol–water partition coefficient (Wildman–Crippen LogP) is 1.90. The van der Waals surface area contributed by atoms with Crippen LogP contribution in [0.5, 0.6) is 0 Å². The van der Waals surface area contributed by atoms with Gasteiger partial charge in [-0.1, -0.05) is 29.3 Å². The van der Waals surface area contributed by atoms with Gasteiger partial charge in [0.05, 0.1) is 29.3 Å². The number of rotatable bonds is 5. The summed E-state index contributed by atoms with van der Waals surface area (Å²) in [4.78, 5) is 25.2. The second kappa shape index (κ2) is 7.81. The number of nitrogens with one attached hydrogen (secondary N) is 1. The van der Waals surface area contributed by atoms with E-state index in [1.54, 1.807) is 23.1 Å². The highest BCUT2D eigenvalue weighted by Gasteiger charge is 2.29. The van der Waals surface area contributed by atoms with Crippen molar-refractivity contribution in [2.75, 3.05) is 19.8 Å². The van der Waals surface area contributed by atoms with Gasteiger partial charge in [-0.2, -0.15) is 0 Å². The minimum Gasteiger partial charge on any atom is -0.377 e. The van der Waals surface area contributed by atoms with E-state index in [-0.39, 0.29) is 11.9 Å².